The van der Waals surface area contributed by atoms with Crippen molar-refractivity contribution < 1.29 is 18.3 Å². The summed E-state index contributed by atoms with van der Waals surface area (Å²) in [4.78, 5) is 20.0. The zero-order chi connectivity index (χ0) is 18.1. The van der Waals surface area contributed by atoms with Gasteiger partial charge in [-0.2, -0.15) is 0 Å². The maximum absolute atomic E-state index is 13.9. The molecule has 7 heteroatoms. The molecule has 0 unspecified atom stereocenters. The van der Waals surface area contributed by atoms with E-state index in [1.54, 1.807) is 11.1 Å². The number of aromatic nitrogens is 1. The van der Waals surface area contributed by atoms with Gasteiger partial charge in [0, 0.05) is 50.1 Å². The first-order valence-electron chi connectivity index (χ1n) is 8.64. The highest BCUT2D eigenvalue weighted by atomic mass is 19.1. The van der Waals surface area contributed by atoms with Crippen molar-refractivity contribution >= 4 is 6.09 Å². The van der Waals surface area contributed by atoms with Crippen LogP contribution in [0.2, 0.25) is 0 Å². The number of nitrogens with zero attached hydrogens (tertiary/aromatic N) is 3. The van der Waals surface area contributed by atoms with Crippen molar-refractivity contribution in [1.82, 2.24) is 14.8 Å². The monoisotopic (exact) mass is 359 g/mol. The van der Waals surface area contributed by atoms with Gasteiger partial charge in [-0.1, -0.05) is 12.1 Å². The summed E-state index contributed by atoms with van der Waals surface area (Å²) >= 11 is 0. The van der Waals surface area contributed by atoms with E-state index in [0.29, 0.717) is 26.1 Å². The van der Waals surface area contributed by atoms with E-state index in [1.807, 2.05) is 23.1 Å². The molecule has 0 aliphatic carbocycles. The van der Waals surface area contributed by atoms with E-state index in [1.165, 1.54) is 18.2 Å². The Hall–Kier alpha value is -2.54. The molecule has 1 aromatic carbocycles. The van der Waals surface area contributed by atoms with Crippen LogP contribution in [-0.2, 0) is 17.7 Å². The fraction of sp³-hybridized carbons (Fsp3) is 0.368. The van der Waals surface area contributed by atoms with Gasteiger partial charge in [-0.05, 0) is 24.3 Å². The molecule has 26 heavy (non-hydrogen) atoms. The van der Waals surface area contributed by atoms with Crippen LogP contribution in [-0.4, -0.2) is 52.7 Å². The number of carbonyl (C=O) groups is 1. The lowest BCUT2D eigenvalue weighted by Crippen LogP contribution is -2.39. The van der Waals surface area contributed by atoms with Crippen LogP contribution in [0.25, 0.3) is 0 Å². The highest BCUT2D eigenvalue weighted by molar-refractivity contribution is 5.71. The lowest BCUT2D eigenvalue weighted by Gasteiger charge is -2.22. The summed E-state index contributed by atoms with van der Waals surface area (Å²) in [5.41, 5.74) is 0.964. The van der Waals surface area contributed by atoms with Gasteiger partial charge in [0.25, 0.3) is 0 Å². The van der Waals surface area contributed by atoms with Crippen LogP contribution in [0.3, 0.4) is 0 Å². The minimum Gasteiger partial charge on any atom is -0.442 e. The number of fused-ring (bicyclic) bond motifs is 1. The second-order valence-corrected chi connectivity index (χ2v) is 6.65. The molecule has 2 aliphatic rings. The molecule has 136 valence electrons. The van der Waals surface area contributed by atoms with Crippen molar-refractivity contribution in [1.29, 1.82) is 0 Å². The zero-order valence-corrected chi connectivity index (χ0v) is 14.1. The summed E-state index contributed by atoms with van der Waals surface area (Å²) in [5, 5.41) is 0. The van der Waals surface area contributed by atoms with Crippen molar-refractivity contribution in [3.05, 3.63) is 65.5 Å². The highest BCUT2D eigenvalue weighted by Gasteiger charge is 2.47. The summed E-state index contributed by atoms with van der Waals surface area (Å²) < 4.78 is 33.2. The predicted octanol–water partition coefficient (Wildman–Crippen LogP) is 2.61. The first kappa shape index (κ1) is 16.9. The summed E-state index contributed by atoms with van der Waals surface area (Å²) in [6, 6.07) is 9.45. The van der Waals surface area contributed by atoms with Crippen LogP contribution < -0.4 is 0 Å². The van der Waals surface area contributed by atoms with E-state index in [2.05, 4.69) is 4.98 Å². The van der Waals surface area contributed by atoms with E-state index in [-0.39, 0.29) is 30.3 Å². The Morgan fingerprint density at radius 3 is 2.65 bits per heavy atom. The zero-order valence-electron chi connectivity index (χ0n) is 14.1. The van der Waals surface area contributed by atoms with Gasteiger partial charge >= 0.3 is 6.09 Å². The maximum atomic E-state index is 13.9. The third-order valence-electron chi connectivity index (χ3n) is 4.98. The minimum atomic E-state index is -0.550. The summed E-state index contributed by atoms with van der Waals surface area (Å²) in [6.45, 7) is 1.69. The topological polar surface area (TPSA) is 45.7 Å². The maximum Gasteiger partial charge on any atom is 0.410 e. The SMILES string of the molecule is O=C1O[C@@H]2CN(Cc3c(F)cccc3F)C[C@@H]2N1CCc1ccccn1. The number of likely N-dealkylation sites (tertiary alicyclic amines) is 1. The number of hydrogen-bond donors (Lipinski definition) is 0. The molecule has 5 nitrogen and oxygen atoms in total. The largest absolute Gasteiger partial charge is 0.442 e. The Morgan fingerprint density at radius 2 is 1.92 bits per heavy atom. The second kappa shape index (κ2) is 6.99. The Morgan fingerprint density at radius 1 is 1.12 bits per heavy atom. The second-order valence-electron chi connectivity index (χ2n) is 6.65. The van der Waals surface area contributed by atoms with Gasteiger partial charge in [0.05, 0.1) is 6.04 Å². The number of amides is 1. The molecule has 0 saturated carbocycles. The van der Waals surface area contributed by atoms with Crippen molar-refractivity contribution in [3.8, 4) is 0 Å². The number of pyridine rings is 1. The molecule has 2 atom stereocenters. The average Bonchev–Trinajstić information content (AvgIpc) is 3.14. The number of hydrogen-bond acceptors (Lipinski definition) is 4. The van der Waals surface area contributed by atoms with Crippen LogP contribution in [0.1, 0.15) is 11.3 Å². The minimum absolute atomic E-state index is 0.0545. The normalized spacial score (nSPS) is 22.5. The van der Waals surface area contributed by atoms with Gasteiger partial charge in [0.15, 0.2) is 0 Å². The van der Waals surface area contributed by atoms with Crippen LogP contribution >= 0.6 is 0 Å². The summed E-state index contributed by atoms with van der Waals surface area (Å²) in [5.74, 6) is -1.10. The quantitative estimate of drug-likeness (QED) is 0.823. The molecule has 0 bridgehead atoms. The van der Waals surface area contributed by atoms with Crippen LogP contribution in [0.15, 0.2) is 42.6 Å². The van der Waals surface area contributed by atoms with Crippen molar-refractivity contribution in [3.63, 3.8) is 0 Å². The molecule has 4 rings (SSSR count). The molecule has 0 radical (unpaired) electrons. The van der Waals surface area contributed by atoms with E-state index in [9.17, 15) is 13.6 Å². The first-order valence-corrected chi connectivity index (χ1v) is 8.64. The molecule has 1 amide bonds. The van der Waals surface area contributed by atoms with Crippen LogP contribution in [0.4, 0.5) is 13.6 Å². The van der Waals surface area contributed by atoms with Gasteiger partial charge in [-0.3, -0.25) is 14.8 Å². The van der Waals surface area contributed by atoms with Crippen molar-refractivity contribution in [2.75, 3.05) is 19.6 Å². The third kappa shape index (κ3) is 3.26. The lowest BCUT2D eigenvalue weighted by molar-refractivity contribution is 0.120. The van der Waals surface area contributed by atoms with Gasteiger partial charge in [-0.25, -0.2) is 13.6 Å². The molecule has 0 N–H and O–H groups in total. The predicted molar refractivity (Wildman–Crippen MR) is 90.3 cm³/mol. The lowest BCUT2D eigenvalue weighted by atomic mass is 10.2. The van der Waals surface area contributed by atoms with Gasteiger partial charge in [0.2, 0.25) is 0 Å². The van der Waals surface area contributed by atoms with E-state index in [4.69, 9.17) is 4.74 Å². The Kier molecular flexibility index (Phi) is 4.55. The number of benzene rings is 1. The number of rotatable bonds is 5. The number of ether oxygens (including phenoxy) is 1. The first-order chi connectivity index (χ1) is 12.6. The molecular weight excluding hydrogens is 340 g/mol. The van der Waals surface area contributed by atoms with Gasteiger partial charge < -0.3 is 4.74 Å². The molecule has 2 aromatic rings. The molecule has 3 heterocycles. The van der Waals surface area contributed by atoms with Crippen molar-refractivity contribution in [2.45, 2.75) is 25.1 Å². The smallest absolute Gasteiger partial charge is 0.410 e. The van der Waals surface area contributed by atoms with Crippen LogP contribution in [0, 0.1) is 11.6 Å². The van der Waals surface area contributed by atoms with Gasteiger partial charge in [-0.15, -0.1) is 0 Å². The summed E-state index contributed by atoms with van der Waals surface area (Å²) in [6.07, 6.45) is 1.77. The fourth-order valence-corrected chi connectivity index (χ4v) is 3.65. The van der Waals surface area contributed by atoms with Crippen LogP contribution in [0.5, 0.6) is 0 Å². The molecule has 2 aliphatic heterocycles. The highest BCUT2D eigenvalue weighted by Crippen LogP contribution is 2.28. The Bertz CT molecular complexity index is 782. The van der Waals surface area contributed by atoms with E-state index >= 15 is 0 Å². The third-order valence-corrected chi connectivity index (χ3v) is 4.98. The Labute approximate surface area is 150 Å². The molecule has 0 spiro atoms. The number of carbonyl (C=O) groups excluding carboxylic acids is 1. The van der Waals surface area contributed by atoms with E-state index < -0.39 is 11.6 Å². The molecule has 2 fully saturated rings. The van der Waals surface area contributed by atoms with Gasteiger partial charge in [0.1, 0.15) is 17.7 Å². The van der Waals surface area contributed by atoms with E-state index in [0.717, 1.165) is 5.69 Å². The standard InChI is InChI=1S/C19H19F2N3O2/c20-15-5-3-6-16(21)14(15)10-23-11-17-18(12-23)26-19(25)24(17)9-7-13-4-1-2-8-22-13/h1-6,8,17-18H,7,9-12H2/t17-,18+/m0/s1. The molecular formula is C19H19F2N3O2. The van der Waals surface area contributed by atoms with Crippen molar-refractivity contribution in [2.24, 2.45) is 0 Å². The number of halogens is 2. The summed E-state index contributed by atoms with van der Waals surface area (Å²) in [7, 11) is 0. The average molecular weight is 359 g/mol. The molecule has 2 saturated heterocycles. The molecule has 1 aromatic heterocycles. The Balaban J connectivity index is 1.41. The fourth-order valence-electron chi connectivity index (χ4n) is 3.65.